The lowest BCUT2D eigenvalue weighted by molar-refractivity contribution is 0.414. The number of benzene rings is 1. The Morgan fingerprint density at radius 3 is 2.94 bits per heavy atom. The summed E-state index contributed by atoms with van der Waals surface area (Å²) in [5.41, 5.74) is 9.60. The number of ether oxygens (including phenoxy) is 1. The Kier molecular flexibility index (Phi) is 2.84. The lowest BCUT2D eigenvalue weighted by atomic mass is 9.93. The Balaban J connectivity index is 2.10. The zero-order chi connectivity index (χ0) is 12.7. The van der Waals surface area contributed by atoms with E-state index in [0.29, 0.717) is 0 Å². The highest BCUT2D eigenvalue weighted by atomic mass is 32.1. The minimum absolute atomic E-state index is 0.0160. The Morgan fingerprint density at radius 1 is 1.39 bits per heavy atom. The molecule has 0 bridgehead atoms. The second-order valence-electron chi connectivity index (χ2n) is 4.64. The molecule has 1 aliphatic carbocycles. The van der Waals surface area contributed by atoms with Gasteiger partial charge in [0.25, 0.3) is 0 Å². The molecule has 0 amide bonds. The minimum atomic E-state index is 0.0160. The maximum absolute atomic E-state index is 5.92. The maximum Gasteiger partial charge on any atom is 0.119 e. The van der Waals surface area contributed by atoms with Crippen molar-refractivity contribution in [1.82, 2.24) is 4.98 Å². The number of hydrogen-bond donors (Lipinski definition) is 1. The van der Waals surface area contributed by atoms with E-state index in [4.69, 9.17) is 15.5 Å². The lowest BCUT2D eigenvalue weighted by Gasteiger charge is -2.15. The van der Waals surface area contributed by atoms with Crippen LogP contribution in [0.4, 0.5) is 0 Å². The molecule has 0 radical (unpaired) electrons. The van der Waals surface area contributed by atoms with E-state index in [0.717, 1.165) is 29.3 Å². The standard InChI is InChI=1S/C14H16N2OS/c1-8(15)14-16-13-11-5-4-10(17-2)7-9(11)3-6-12(13)18-14/h4-5,7-8H,3,6,15H2,1-2H3. The summed E-state index contributed by atoms with van der Waals surface area (Å²) in [6, 6.07) is 6.24. The molecule has 1 unspecified atom stereocenters. The number of thiazole rings is 1. The summed E-state index contributed by atoms with van der Waals surface area (Å²) in [6.45, 7) is 1.99. The highest BCUT2D eigenvalue weighted by Crippen LogP contribution is 2.38. The van der Waals surface area contributed by atoms with E-state index in [1.807, 2.05) is 13.0 Å². The molecule has 1 aromatic heterocycles. The molecule has 2 aromatic rings. The van der Waals surface area contributed by atoms with Gasteiger partial charge in [0, 0.05) is 10.4 Å². The average molecular weight is 260 g/mol. The number of hydrogen-bond acceptors (Lipinski definition) is 4. The molecule has 1 aromatic carbocycles. The SMILES string of the molecule is COc1ccc2c(c1)CCc1sc(C(C)N)nc1-2. The third-order valence-corrected chi connectivity index (χ3v) is 4.61. The number of aryl methyl sites for hydroxylation is 2. The fraction of sp³-hybridized carbons (Fsp3) is 0.357. The van der Waals surface area contributed by atoms with Gasteiger partial charge < -0.3 is 10.5 Å². The number of fused-ring (bicyclic) bond motifs is 3. The van der Waals surface area contributed by atoms with Crippen LogP contribution in [0.2, 0.25) is 0 Å². The topological polar surface area (TPSA) is 48.1 Å². The molecule has 0 aliphatic heterocycles. The van der Waals surface area contributed by atoms with Crippen LogP contribution in [0.25, 0.3) is 11.3 Å². The van der Waals surface area contributed by atoms with Crippen LogP contribution < -0.4 is 10.5 Å². The normalized spacial score (nSPS) is 14.8. The number of nitrogens with two attached hydrogens (primary N) is 1. The van der Waals surface area contributed by atoms with Gasteiger partial charge in [-0.15, -0.1) is 11.3 Å². The predicted molar refractivity (Wildman–Crippen MR) is 74.1 cm³/mol. The summed E-state index contributed by atoms with van der Waals surface area (Å²) in [4.78, 5) is 6.06. The number of nitrogens with zero attached hydrogens (tertiary/aromatic N) is 1. The quantitative estimate of drug-likeness (QED) is 0.903. The zero-order valence-corrected chi connectivity index (χ0v) is 11.4. The summed E-state index contributed by atoms with van der Waals surface area (Å²) < 4.78 is 5.27. The van der Waals surface area contributed by atoms with Crippen LogP contribution in [0.5, 0.6) is 5.75 Å². The molecule has 4 heteroatoms. The number of methoxy groups -OCH3 is 1. The fourth-order valence-corrected chi connectivity index (χ4v) is 3.36. The first-order chi connectivity index (χ1) is 8.69. The largest absolute Gasteiger partial charge is 0.497 e. The van der Waals surface area contributed by atoms with E-state index in [1.165, 1.54) is 16.0 Å². The van der Waals surface area contributed by atoms with Crippen molar-refractivity contribution in [3.05, 3.63) is 33.6 Å². The van der Waals surface area contributed by atoms with Crippen LogP contribution in [0.15, 0.2) is 18.2 Å². The van der Waals surface area contributed by atoms with E-state index in [-0.39, 0.29) is 6.04 Å². The Hall–Kier alpha value is -1.39. The minimum Gasteiger partial charge on any atom is -0.497 e. The van der Waals surface area contributed by atoms with Gasteiger partial charge >= 0.3 is 0 Å². The first-order valence-electron chi connectivity index (χ1n) is 6.11. The molecule has 0 saturated heterocycles. The second kappa shape index (κ2) is 4.37. The number of rotatable bonds is 2. The Labute approximate surface area is 111 Å². The lowest BCUT2D eigenvalue weighted by Crippen LogP contribution is -2.04. The van der Waals surface area contributed by atoms with Crippen molar-refractivity contribution < 1.29 is 4.74 Å². The molecule has 94 valence electrons. The van der Waals surface area contributed by atoms with Gasteiger partial charge in [-0.05, 0) is 43.5 Å². The van der Waals surface area contributed by atoms with E-state index in [1.54, 1.807) is 18.4 Å². The zero-order valence-electron chi connectivity index (χ0n) is 10.6. The molecule has 0 spiro atoms. The molecule has 1 heterocycles. The predicted octanol–water partition coefficient (Wildman–Crippen LogP) is 2.94. The summed E-state index contributed by atoms with van der Waals surface area (Å²) >= 11 is 1.75. The molecule has 1 aliphatic rings. The molecule has 1 atom stereocenters. The van der Waals surface area contributed by atoms with Gasteiger partial charge in [-0.25, -0.2) is 4.98 Å². The van der Waals surface area contributed by atoms with Crippen LogP contribution in [0.3, 0.4) is 0 Å². The van der Waals surface area contributed by atoms with Crippen molar-refractivity contribution in [2.45, 2.75) is 25.8 Å². The molecule has 3 nitrogen and oxygen atoms in total. The summed E-state index contributed by atoms with van der Waals surface area (Å²) in [7, 11) is 1.70. The van der Waals surface area contributed by atoms with Crippen molar-refractivity contribution in [2.75, 3.05) is 7.11 Å². The number of aromatic nitrogens is 1. The first kappa shape index (κ1) is 11.7. The van der Waals surface area contributed by atoms with Crippen LogP contribution in [0.1, 0.15) is 28.4 Å². The van der Waals surface area contributed by atoms with E-state index < -0.39 is 0 Å². The third-order valence-electron chi connectivity index (χ3n) is 3.29. The van der Waals surface area contributed by atoms with Gasteiger partial charge in [0.15, 0.2) is 0 Å². The molecule has 0 fully saturated rings. The second-order valence-corrected chi connectivity index (χ2v) is 5.75. The van der Waals surface area contributed by atoms with E-state index >= 15 is 0 Å². The summed E-state index contributed by atoms with van der Waals surface area (Å²) in [5.74, 6) is 0.917. The van der Waals surface area contributed by atoms with Crippen LogP contribution in [-0.4, -0.2) is 12.1 Å². The van der Waals surface area contributed by atoms with Crippen molar-refractivity contribution in [3.8, 4) is 17.0 Å². The molecule has 18 heavy (non-hydrogen) atoms. The monoisotopic (exact) mass is 260 g/mol. The molecule has 3 rings (SSSR count). The van der Waals surface area contributed by atoms with Crippen LogP contribution in [-0.2, 0) is 12.8 Å². The van der Waals surface area contributed by atoms with E-state index in [9.17, 15) is 0 Å². The van der Waals surface area contributed by atoms with Gasteiger partial charge in [0.1, 0.15) is 10.8 Å². The highest BCUT2D eigenvalue weighted by molar-refractivity contribution is 7.12. The van der Waals surface area contributed by atoms with Crippen molar-refractivity contribution in [1.29, 1.82) is 0 Å². The fourth-order valence-electron chi connectivity index (χ4n) is 2.33. The van der Waals surface area contributed by atoms with Crippen molar-refractivity contribution in [2.24, 2.45) is 5.73 Å². The van der Waals surface area contributed by atoms with Gasteiger partial charge in [0.2, 0.25) is 0 Å². The summed E-state index contributed by atoms with van der Waals surface area (Å²) in [5, 5.41) is 1.03. The first-order valence-corrected chi connectivity index (χ1v) is 6.93. The average Bonchev–Trinajstić information content (AvgIpc) is 2.82. The molecule has 0 saturated carbocycles. The van der Waals surface area contributed by atoms with Gasteiger partial charge in [-0.1, -0.05) is 0 Å². The van der Waals surface area contributed by atoms with Crippen molar-refractivity contribution in [3.63, 3.8) is 0 Å². The van der Waals surface area contributed by atoms with Crippen LogP contribution >= 0.6 is 11.3 Å². The Bertz CT molecular complexity index is 589. The third kappa shape index (κ3) is 1.82. The van der Waals surface area contributed by atoms with Crippen molar-refractivity contribution >= 4 is 11.3 Å². The molecular weight excluding hydrogens is 244 g/mol. The maximum atomic E-state index is 5.92. The Morgan fingerprint density at radius 2 is 2.22 bits per heavy atom. The van der Waals surface area contributed by atoms with E-state index in [2.05, 4.69) is 12.1 Å². The molecule has 2 N–H and O–H groups in total. The van der Waals surface area contributed by atoms with Gasteiger partial charge in [-0.2, -0.15) is 0 Å². The summed E-state index contributed by atoms with van der Waals surface area (Å²) in [6.07, 6.45) is 2.11. The van der Waals surface area contributed by atoms with Crippen LogP contribution in [0, 0.1) is 0 Å². The highest BCUT2D eigenvalue weighted by Gasteiger charge is 2.22. The smallest absolute Gasteiger partial charge is 0.119 e. The van der Waals surface area contributed by atoms with Gasteiger partial charge in [0.05, 0.1) is 18.8 Å². The molecular formula is C14H16N2OS. The van der Waals surface area contributed by atoms with Gasteiger partial charge in [-0.3, -0.25) is 0 Å².